The van der Waals surface area contributed by atoms with Crippen LogP contribution >= 0.6 is 15.9 Å². The highest BCUT2D eigenvalue weighted by Crippen LogP contribution is 2.27. The maximum Gasteiger partial charge on any atom is 0.400 e. The Morgan fingerprint density at radius 1 is 1.17 bits per heavy atom. The summed E-state index contributed by atoms with van der Waals surface area (Å²) < 4.78 is 24.4. The van der Waals surface area contributed by atoms with E-state index in [4.69, 9.17) is 9.15 Å². The van der Waals surface area contributed by atoms with E-state index in [0.29, 0.717) is 21.3 Å². The highest BCUT2D eigenvalue weighted by molar-refractivity contribution is 9.10. The summed E-state index contributed by atoms with van der Waals surface area (Å²) in [5.41, 5.74) is 1.33. The first-order chi connectivity index (χ1) is 8.72. The molecule has 0 N–H and O–H groups in total. The molecule has 0 aliphatic rings. The van der Waals surface area contributed by atoms with Gasteiger partial charge in [0, 0.05) is 6.07 Å². The monoisotopic (exact) mass is 307 g/mol. The van der Waals surface area contributed by atoms with E-state index in [1.54, 1.807) is 18.2 Å². The largest absolute Gasteiger partial charge is 0.411 e. The molecular weight excluding hydrogens is 301 g/mol. The van der Waals surface area contributed by atoms with E-state index in [-0.39, 0.29) is 6.08 Å². The zero-order valence-corrected chi connectivity index (χ0v) is 10.6. The van der Waals surface area contributed by atoms with E-state index in [0.717, 1.165) is 0 Å². The van der Waals surface area contributed by atoms with E-state index >= 15 is 0 Å². The van der Waals surface area contributed by atoms with Crippen LogP contribution in [0.4, 0.5) is 4.39 Å². The van der Waals surface area contributed by atoms with Gasteiger partial charge in [-0.3, -0.25) is 0 Å². The summed E-state index contributed by atoms with van der Waals surface area (Å²) in [4.78, 5) is 4.14. The molecule has 2 aromatic carbocycles. The van der Waals surface area contributed by atoms with Crippen molar-refractivity contribution in [2.45, 2.75) is 0 Å². The van der Waals surface area contributed by atoms with Crippen LogP contribution in [-0.2, 0) is 0 Å². The predicted molar refractivity (Wildman–Crippen MR) is 68.2 cm³/mol. The average Bonchev–Trinajstić information content (AvgIpc) is 2.76. The van der Waals surface area contributed by atoms with Gasteiger partial charge in [0.15, 0.2) is 5.58 Å². The van der Waals surface area contributed by atoms with E-state index < -0.39 is 5.82 Å². The zero-order chi connectivity index (χ0) is 12.5. The van der Waals surface area contributed by atoms with Crippen LogP contribution in [0.3, 0.4) is 0 Å². The van der Waals surface area contributed by atoms with Gasteiger partial charge < -0.3 is 9.15 Å². The molecule has 3 nitrogen and oxygen atoms in total. The van der Waals surface area contributed by atoms with Crippen molar-refractivity contribution in [1.82, 2.24) is 4.98 Å². The molecule has 5 heteroatoms. The van der Waals surface area contributed by atoms with Crippen molar-refractivity contribution in [3.8, 4) is 11.8 Å². The minimum Gasteiger partial charge on any atom is -0.411 e. The molecule has 0 saturated carbocycles. The number of nitrogens with zero attached hydrogens (tertiary/aromatic N) is 1. The van der Waals surface area contributed by atoms with Crippen molar-refractivity contribution in [1.29, 1.82) is 0 Å². The van der Waals surface area contributed by atoms with E-state index in [9.17, 15) is 4.39 Å². The SMILES string of the molecule is Fc1cc(Oc2nc3ccccc3o2)ccc1Br. The lowest BCUT2D eigenvalue weighted by molar-refractivity contribution is 0.341. The normalized spacial score (nSPS) is 10.8. The average molecular weight is 308 g/mol. The Balaban J connectivity index is 1.93. The number of hydrogen-bond donors (Lipinski definition) is 0. The van der Waals surface area contributed by atoms with Crippen LogP contribution < -0.4 is 4.74 Å². The van der Waals surface area contributed by atoms with Crippen molar-refractivity contribution in [2.24, 2.45) is 0 Å². The first-order valence-corrected chi connectivity index (χ1v) is 6.00. The van der Waals surface area contributed by atoms with Crippen LogP contribution in [0, 0.1) is 5.82 Å². The fraction of sp³-hybridized carbons (Fsp3) is 0. The Kier molecular flexibility index (Phi) is 2.76. The van der Waals surface area contributed by atoms with Crippen LogP contribution in [0.5, 0.6) is 11.8 Å². The molecule has 0 fully saturated rings. The summed E-state index contributed by atoms with van der Waals surface area (Å²) >= 11 is 3.07. The highest BCUT2D eigenvalue weighted by Gasteiger charge is 2.08. The fourth-order valence-corrected chi connectivity index (χ4v) is 1.78. The van der Waals surface area contributed by atoms with Crippen molar-refractivity contribution >= 4 is 27.0 Å². The Hall–Kier alpha value is -1.88. The molecule has 1 aromatic heterocycles. The number of oxazole rings is 1. The second-order valence-electron chi connectivity index (χ2n) is 3.63. The second kappa shape index (κ2) is 4.42. The number of ether oxygens (including phenoxy) is 1. The number of halogens is 2. The Morgan fingerprint density at radius 3 is 2.78 bits per heavy atom. The Morgan fingerprint density at radius 2 is 2.00 bits per heavy atom. The molecule has 1 heterocycles. The molecule has 0 aliphatic heterocycles. The lowest BCUT2D eigenvalue weighted by Gasteiger charge is -2.01. The molecule has 0 atom stereocenters. The summed E-state index contributed by atoms with van der Waals surface area (Å²) in [6, 6.07) is 11.8. The number of benzene rings is 2. The van der Waals surface area contributed by atoms with Gasteiger partial charge in [-0.2, -0.15) is 4.98 Å². The van der Waals surface area contributed by atoms with E-state index in [1.807, 2.05) is 18.2 Å². The van der Waals surface area contributed by atoms with Crippen molar-refractivity contribution in [3.05, 3.63) is 52.8 Å². The first-order valence-electron chi connectivity index (χ1n) is 5.21. The van der Waals surface area contributed by atoms with Crippen LogP contribution in [-0.4, -0.2) is 4.98 Å². The lowest BCUT2D eigenvalue weighted by atomic mass is 10.3. The Bertz CT molecular complexity index is 678. The van der Waals surface area contributed by atoms with Gasteiger partial charge in [-0.25, -0.2) is 4.39 Å². The number of rotatable bonds is 2. The summed E-state index contributed by atoms with van der Waals surface area (Å²) in [7, 11) is 0. The maximum absolute atomic E-state index is 13.3. The van der Waals surface area contributed by atoms with Crippen molar-refractivity contribution < 1.29 is 13.5 Å². The molecule has 3 rings (SSSR count). The number of fused-ring (bicyclic) bond motifs is 1. The first kappa shape index (κ1) is 11.2. The topological polar surface area (TPSA) is 35.3 Å². The quantitative estimate of drug-likeness (QED) is 0.698. The lowest BCUT2D eigenvalue weighted by Crippen LogP contribution is -1.85. The second-order valence-corrected chi connectivity index (χ2v) is 4.48. The van der Waals surface area contributed by atoms with Crippen LogP contribution in [0.15, 0.2) is 51.4 Å². The summed E-state index contributed by atoms with van der Waals surface area (Å²) in [6.45, 7) is 0. The van der Waals surface area contributed by atoms with E-state index in [1.165, 1.54) is 6.07 Å². The summed E-state index contributed by atoms with van der Waals surface area (Å²) in [5.74, 6) is -0.0640. The molecule has 0 bridgehead atoms. The molecule has 0 unspecified atom stereocenters. The van der Waals surface area contributed by atoms with Crippen molar-refractivity contribution in [3.63, 3.8) is 0 Å². The van der Waals surface area contributed by atoms with Gasteiger partial charge >= 0.3 is 6.08 Å². The van der Waals surface area contributed by atoms with Gasteiger partial charge in [-0.15, -0.1) is 0 Å². The standard InChI is InChI=1S/C13H7BrFNO2/c14-9-6-5-8(7-10(9)15)17-13-16-11-3-1-2-4-12(11)18-13/h1-7H. The smallest absolute Gasteiger partial charge is 0.400 e. The summed E-state index contributed by atoms with van der Waals surface area (Å²) in [5, 5.41) is 0. The molecule has 18 heavy (non-hydrogen) atoms. The molecule has 0 amide bonds. The third-order valence-corrected chi connectivity index (χ3v) is 3.01. The molecule has 0 spiro atoms. The van der Waals surface area contributed by atoms with Crippen LogP contribution in [0.25, 0.3) is 11.1 Å². The van der Waals surface area contributed by atoms with E-state index in [2.05, 4.69) is 20.9 Å². The van der Waals surface area contributed by atoms with Gasteiger partial charge in [0.05, 0.1) is 4.47 Å². The van der Waals surface area contributed by atoms with Gasteiger partial charge in [0.25, 0.3) is 0 Å². The van der Waals surface area contributed by atoms with Gasteiger partial charge in [0.1, 0.15) is 17.1 Å². The predicted octanol–water partition coefficient (Wildman–Crippen LogP) is 4.52. The third kappa shape index (κ3) is 2.09. The molecule has 90 valence electrons. The third-order valence-electron chi connectivity index (χ3n) is 2.37. The Labute approximate surface area is 110 Å². The molecule has 3 aromatic rings. The molecule has 0 saturated heterocycles. The minimum absolute atomic E-state index is 0.0953. The molecule has 0 radical (unpaired) electrons. The van der Waals surface area contributed by atoms with Gasteiger partial charge in [0.2, 0.25) is 0 Å². The zero-order valence-electron chi connectivity index (χ0n) is 9.06. The summed E-state index contributed by atoms with van der Waals surface area (Å²) in [6.07, 6.45) is 0.0953. The maximum atomic E-state index is 13.3. The van der Waals surface area contributed by atoms with Crippen molar-refractivity contribution in [2.75, 3.05) is 0 Å². The number of para-hydroxylation sites is 2. The molecule has 0 aliphatic carbocycles. The number of aromatic nitrogens is 1. The fourth-order valence-electron chi connectivity index (χ4n) is 1.54. The van der Waals surface area contributed by atoms with Gasteiger partial charge in [-0.1, -0.05) is 12.1 Å². The van der Waals surface area contributed by atoms with Crippen LogP contribution in [0.2, 0.25) is 0 Å². The molecular formula is C13H7BrFNO2. The minimum atomic E-state index is -0.399. The van der Waals surface area contributed by atoms with Gasteiger partial charge in [-0.05, 0) is 40.2 Å². The highest BCUT2D eigenvalue weighted by atomic mass is 79.9. The van der Waals surface area contributed by atoms with Crippen LogP contribution in [0.1, 0.15) is 0 Å². The number of hydrogen-bond acceptors (Lipinski definition) is 3.